The van der Waals surface area contributed by atoms with Gasteiger partial charge in [-0.05, 0) is 89.6 Å². The van der Waals surface area contributed by atoms with Crippen molar-refractivity contribution in [3.63, 3.8) is 0 Å². The van der Waals surface area contributed by atoms with E-state index in [1.165, 1.54) is 6.08 Å². The Morgan fingerprint density at radius 2 is 1.53 bits per heavy atom. The number of hydrogen-bond donors (Lipinski definition) is 0. The molecule has 30 heavy (non-hydrogen) atoms. The van der Waals surface area contributed by atoms with Crippen LogP contribution < -0.4 is 14.2 Å². The van der Waals surface area contributed by atoms with E-state index in [1.54, 1.807) is 51.1 Å². The van der Waals surface area contributed by atoms with Crippen LogP contribution in [0.2, 0.25) is 0 Å². The molecule has 0 fully saturated rings. The molecule has 2 aromatic rings. The predicted molar refractivity (Wildman–Crippen MR) is 118 cm³/mol. The minimum Gasteiger partial charge on any atom is -0.493 e. The van der Waals surface area contributed by atoms with E-state index in [0.29, 0.717) is 30.3 Å². The molecule has 0 heterocycles. The second-order valence-corrected chi connectivity index (χ2v) is 7.88. The molecule has 0 spiro atoms. The van der Waals surface area contributed by atoms with Crippen molar-refractivity contribution in [2.45, 2.75) is 41.5 Å². The average molecular weight is 411 g/mol. The van der Waals surface area contributed by atoms with Crippen LogP contribution in [0.5, 0.6) is 17.2 Å². The second-order valence-electron chi connectivity index (χ2n) is 7.88. The van der Waals surface area contributed by atoms with Crippen molar-refractivity contribution >= 4 is 17.8 Å². The van der Waals surface area contributed by atoms with Crippen molar-refractivity contribution in [3.8, 4) is 17.2 Å². The van der Waals surface area contributed by atoms with Crippen molar-refractivity contribution < 1.29 is 23.8 Å². The van der Waals surface area contributed by atoms with Crippen LogP contribution in [0.4, 0.5) is 0 Å². The molecule has 0 aliphatic rings. The molecular formula is C25H30O5. The summed E-state index contributed by atoms with van der Waals surface area (Å²) in [5.74, 6) is 1.37. The van der Waals surface area contributed by atoms with E-state index in [9.17, 15) is 9.59 Å². The zero-order chi connectivity index (χ0) is 22.3. The number of carbonyl (C=O) groups is 2. The summed E-state index contributed by atoms with van der Waals surface area (Å²) in [5, 5.41) is 0. The summed E-state index contributed by atoms with van der Waals surface area (Å²) in [5.41, 5.74) is 1.69. The van der Waals surface area contributed by atoms with Gasteiger partial charge in [0.15, 0.2) is 5.78 Å². The second kappa shape index (κ2) is 10.1. The average Bonchev–Trinajstić information content (AvgIpc) is 2.69. The fraction of sp³-hybridized carbons (Fsp3) is 0.360. The highest BCUT2D eigenvalue weighted by Gasteiger charge is 2.23. The zero-order valence-electron chi connectivity index (χ0n) is 18.6. The number of aryl methyl sites for hydroxylation is 1. The van der Waals surface area contributed by atoms with Crippen molar-refractivity contribution in [1.29, 1.82) is 0 Å². The molecule has 0 unspecified atom stereocenters. The summed E-state index contributed by atoms with van der Waals surface area (Å²) in [6, 6.07) is 10.3. The monoisotopic (exact) mass is 410 g/mol. The van der Waals surface area contributed by atoms with Gasteiger partial charge in [0.25, 0.3) is 0 Å². The highest BCUT2D eigenvalue weighted by Crippen LogP contribution is 2.30. The van der Waals surface area contributed by atoms with Crippen molar-refractivity contribution in [3.05, 3.63) is 59.2 Å². The summed E-state index contributed by atoms with van der Waals surface area (Å²) in [7, 11) is 0. The number of ketones is 1. The summed E-state index contributed by atoms with van der Waals surface area (Å²) >= 11 is 0. The molecule has 2 rings (SSSR count). The molecule has 0 bridgehead atoms. The molecule has 2 aromatic carbocycles. The number of allylic oxidation sites excluding steroid dienone is 1. The molecule has 0 aromatic heterocycles. The molecular weight excluding hydrogens is 380 g/mol. The minimum absolute atomic E-state index is 0.155. The molecule has 0 saturated heterocycles. The number of hydrogen-bond acceptors (Lipinski definition) is 5. The summed E-state index contributed by atoms with van der Waals surface area (Å²) in [6.45, 7) is 12.2. The summed E-state index contributed by atoms with van der Waals surface area (Å²) in [4.78, 5) is 24.5. The third kappa shape index (κ3) is 6.21. The Hall–Kier alpha value is -3.08. The highest BCUT2D eigenvalue weighted by molar-refractivity contribution is 6.07. The molecule has 0 aliphatic carbocycles. The third-order valence-electron chi connectivity index (χ3n) is 4.28. The fourth-order valence-corrected chi connectivity index (χ4v) is 2.62. The van der Waals surface area contributed by atoms with Crippen molar-refractivity contribution in [2.24, 2.45) is 5.41 Å². The SMILES string of the molecule is CCOc1cc(OCC)c(C=CC(=O)c2ccc(OC(=O)C(C)(C)C)cc2)cc1C. The normalized spacial score (nSPS) is 11.4. The number of esters is 1. The van der Waals surface area contributed by atoms with E-state index in [1.807, 2.05) is 32.9 Å². The molecule has 5 heteroatoms. The van der Waals surface area contributed by atoms with Gasteiger partial charge in [-0.15, -0.1) is 0 Å². The van der Waals surface area contributed by atoms with Crippen LogP contribution in [0.25, 0.3) is 6.08 Å². The van der Waals surface area contributed by atoms with E-state index in [2.05, 4.69) is 0 Å². The van der Waals surface area contributed by atoms with Gasteiger partial charge in [0.05, 0.1) is 18.6 Å². The first kappa shape index (κ1) is 23.2. The van der Waals surface area contributed by atoms with Gasteiger partial charge in [0, 0.05) is 17.2 Å². The van der Waals surface area contributed by atoms with Crippen molar-refractivity contribution in [1.82, 2.24) is 0 Å². The molecule has 0 aliphatic heterocycles. The fourth-order valence-electron chi connectivity index (χ4n) is 2.62. The standard InChI is InChI=1S/C25H30O5/c1-7-28-22-16-23(29-8-2)19(15-17(22)3)11-14-21(26)18-9-12-20(13-10-18)30-24(27)25(4,5)6/h9-16H,7-8H2,1-6H3. The van der Waals surface area contributed by atoms with Crippen LogP contribution in [0.15, 0.2) is 42.5 Å². The van der Waals surface area contributed by atoms with Crippen LogP contribution in [0, 0.1) is 12.3 Å². The molecule has 5 nitrogen and oxygen atoms in total. The Morgan fingerprint density at radius 3 is 2.10 bits per heavy atom. The van der Waals surface area contributed by atoms with Gasteiger partial charge in [-0.2, -0.15) is 0 Å². The zero-order valence-corrected chi connectivity index (χ0v) is 18.6. The van der Waals surface area contributed by atoms with Gasteiger partial charge in [-0.1, -0.05) is 0 Å². The first-order valence-corrected chi connectivity index (χ1v) is 10.1. The van der Waals surface area contributed by atoms with Gasteiger partial charge in [0.2, 0.25) is 0 Å². The molecule has 0 amide bonds. The van der Waals surface area contributed by atoms with Crippen LogP contribution in [-0.4, -0.2) is 25.0 Å². The Bertz CT molecular complexity index is 918. The Kier molecular flexibility index (Phi) is 7.81. The molecule has 0 atom stereocenters. The smallest absolute Gasteiger partial charge is 0.316 e. The largest absolute Gasteiger partial charge is 0.493 e. The number of rotatable bonds is 8. The number of ether oxygens (including phenoxy) is 3. The Balaban J connectivity index is 2.17. The van der Waals surface area contributed by atoms with E-state index < -0.39 is 5.41 Å². The Labute approximate surface area is 178 Å². The van der Waals surface area contributed by atoms with E-state index in [0.717, 1.165) is 16.9 Å². The summed E-state index contributed by atoms with van der Waals surface area (Å²) in [6.07, 6.45) is 3.25. The highest BCUT2D eigenvalue weighted by atomic mass is 16.5. The maximum atomic E-state index is 12.6. The lowest BCUT2D eigenvalue weighted by atomic mass is 9.97. The van der Waals surface area contributed by atoms with E-state index in [-0.39, 0.29) is 11.8 Å². The maximum absolute atomic E-state index is 12.6. The third-order valence-corrected chi connectivity index (χ3v) is 4.28. The van der Waals surface area contributed by atoms with Crippen LogP contribution in [-0.2, 0) is 4.79 Å². The van der Waals surface area contributed by atoms with Crippen LogP contribution >= 0.6 is 0 Å². The first-order chi connectivity index (χ1) is 14.2. The van der Waals surface area contributed by atoms with Gasteiger partial charge < -0.3 is 14.2 Å². The molecule has 160 valence electrons. The van der Waals surface area contributed by atoms with E-state index in [4.69, 9.17) is 14.2 Å². The van der Waals surface area contributed by atoms with Gasteiger partial charge >= 0.3 is 5.97 Å². The van der Waals surface area contributed by atoms with Crippen LogP contribution in [0.1, 0.15) is 56.1 Å². The lowest BCUT2D eigenvalue weighted by Crippen LogP contribution is -2.25. The maximum Gasteiger partial charge on any atom is 0.316 e. The quantitative estimate of drug-likeness (QED) is 0.244. The van der Waals surface area contributed by atoms with E-state index >= 15 is 0 Å². The minimum atomic E-state index is -0.592. The molecule has 0 radical (unpaired) electrons. The molecule has 0 saturated carbocycles. The predicted octanol–water partition coefficient (Wildman–Crippen LogP) is 5.64. The Morgan fingerprint density at radius 1 is 0.933 bits per heavy atom. The van der Waals surface area contributed by atoms with Gasteiger partial charge in [-0.3, -0.25) is 9.59 Å². The van der Waals surface area contributed by atoms with Gasteiger partial charge in [0.1, 0.15) is 17.2 Å². The van der Waals surface area contributed by atoms with Crippen LogP contribution in [0.3, 0.4) is 0 Å². The topological polar surface area (TPSA) is 61.8 Å². The number of carbonyl (C=O) groups excluding carboxylic acids is 2. The lowest BCUT2D eigenvalue weighted by molar-refractivity contribution is -0.142. The lowest BCUT2D eigenvalue weighted by Gasteiger charge is -2.16. The van der Waals surface area contributed by atoms with Crippen molar-refractivity contribution in [2.75, 3.05) is 13.2 Å². The first-order valence-electron chi connectivity index (χ1n) is 10.1. The molecule has 0 N–H and O–H groups in total. The van der Waals surface area contributed by atoms with Gasteiger partial charge in [-0.25, -0.2) is 0 Å². The number of benzene rings is 2. The summed E-state index contributed by atoms with van der Waals surface area (Å²) < 4.78 is 16.7.